The van der Waals surface area contributed by atoms with Crippen LogP contribution in [0, 0.1) is 0 Å². The van der Waals surface area contributed by atoms with E-state index in [1.807, 2.05) is 46.3 Å². The molecule has 6 aromatic rings. The van der Waals surface area contributed by atoms with Crippen molar-refractivity contribution in [2.45, 2.75) is 10.5 Å². The van der Waals surface area contributed by atoms with Gasteiger partial charge in [-0.3, -0.25) is 0 Å². The zero-order chi connectivity index (χ0) is 26.3. The molecule has 2 unspecified atom stereocenters. The van der Waals surface area contributed by atoms with Crippen LogP contribution in [0.2, 0.25) is 0 Å². The predicted molar refractivity (Wildman–Crippen MR) is 160 cm³/mol. The minimum absolute atomic E-state index is 0.0439. The lowest BCUT2D eigenvalue weighted by molar-refractivity contribution is 0.738. The van der Waals surface area contributed by atoms with Crippen molar-refractivity contribution in [1.29, 1.82) is 0 Å². The molecule has 0 spiro atoms. The van der Waals surface area contributed by atoms with Gasteiger partial charge in [0.1, 0.15) is 0 Å². The fourth-order valence-electron chi connectivity index (χ4n) is 4.62. The Bertz CT molecular complexity index is 1470. The van der Waals surface area contributed by atoms with Gasteiger partial charge in [0.05, 0.1) is 34.5 Å². The van der Waals surface area contributed by atoms with Crippen molar-refractivity contribution in [3.63, 3.8) is 0 Å². The third-order valence-corrected chi connectivity index (χ3v) is 8.54. The maximum Gasteiger partial charge on any atom is 0.0991 e. The number of hydrogen-bond donors (Lipinski definition) is 0. The van der Waals surface area contributed by atoms with Gasteiger partial charge in [-0.15, -0.1) is 0 Å². The number of imidazole rings is 2. The van der Waals surface area contributed by atoms with Crippen LogP contribution in [0.3, 0.4) is 0 Å². The zero-order valence-electron chi connectivity index (χ0n) is 21.0. The molecule has 0 aliphatic carbocycles. The van der Waals surface area contributed by atoms with Crippen LogP contribution >= 0.6 is 24.1 Å². The van der Waals surface area contributed by atoms with Gasteiger partial charge in [-0.05, 0) is 34.4 Å². The lowest BCUT2D eigenvalue weighted by Gasteiger charge is -2.23. The van der Waals surface area contributed by atoms with Gasteiger partial charge in [-0.2, -0.15) is 0 Å². The SMILES string of the molecule is c1ccc(C(SOSC(c2ccccc2)c2ccccc2-n2ccnc2)c2ccccc2-n2ccnc2)cc1. The highest BCUT2D eigenvalue weighted by atomic mass is 32.2. The summed E-state index contributed by atoms with van der Waals surface area (Å²) >= 11 is 2.94. The summed E-state index contributed by atoms with van der Waals surface area (Å²) in [5, 5.41) is -0.0877. The summed E-state index contributed by atoms with van der Waals surface area (Å²) in [6.45, 7) is 0. The maximum absolute atomic E-state index is 6.50. The van der Waals surface area contributed by atoms with E-state index in [9.17, 15) is 0 Å². The molecule has 192 valence electrons. The van der Waals surface area contributed by atoms with E-state index in [2.05, 4.69) is 107 Å². The molecule has 39 heavy (non-hydrogen) atoms. The van der Waals surface area contributed by atoms with E-state index in [1.165, 1.54) is 35.2 Å². The molecule has 0 fully saturated rings. The first kappa shape index (κ1) is 25.2. The Kier molecular flexibility index (Phi) is 7.91. The summed E-state index contributed by atoms with van der Waals surface area (Å²) in [7, 11) is 0. The first-order valence-electron chi connectivity index (χ1n) is 12.6. The van der Waals surface area contributed by atoms with Crippen molar-refractivity contribution >= 4 is 24.1 Å². The normalized spacial score (nSPS) is 12.7. The molecule has 0 bridgehead atoms. The molecule has 0 amide bonds. The summed E-state index contributed by atoms with van der Waals surface area (Å²) in [6.07, 6.45) is 11.2. The Balaban J connectivity index is 1.33. The van der Waals surface area contributed by atoms with Crippen molar-refractivity contribution in [2.24, 2.45) is 0 Å². The van der Waals surface area contributed by atoms with Crippen molar-refractivity contribution < 1.29 is 3.63 Å². The average Bonchev–Trinajstić information content (AvgIpc) is 3.74. The molecule has 0 saturated heterocycles. The highest BCUT2D eigenvalue weighted by Gasteiger charge is 2.24. The topological polar surface area (TPSA) is 44.9 Å². The molecule has 4 aromatic carbocycles. The smallest absolute Gasteiger partial charge is 0.0991 e. The van der Waals surface area contributed by atoms with Gasteiger partial charge in [-0.25, -0.2) is 13.6 Å². The minimum Gasteiger partial charge on any atom is -0.306 e. The van der Waals surface area contributed by atoms with Crippen LogP contribution in [0.5, 0.6) is 0 Å². The van der Waals surface area contributed by atoms with Crippen LogP contribution in [0.1, 0.15) is 32.8 Å². The van der Waals surface area contributed by atoms with E-state index in [0.29, 0.717) is 0 Å². The molecule has 0 aliphatic heterocycles. The number of nitrogens with zero attached hydrogens (tertiary/aromatic N) is 4. The number of rotatable bonds is 10. The molecule has 7 heteroatoms. The van der Waals surface area contributed by atoms with E-state index in [0.717, 1.165) is 22.5 Å². The Hall–Kier alpha value is -4.04. The fraction of sp³-hybridized carbons (Fsp3) is 0.0625. The van der Waals surface area contributed by atoms with Crippen LogP contribution in [-0.2, 0) is 3.63 Å². The Morgan fingerprint density at radius 1 is 0.513 bits per heavy atom. The molecule has 0 aliphatic rings. The monoisotopic (exact) mass is 546 g/mol. The van der Waals surface area contributed by atoms with Crippen LogP contribution in [0.15, 0.2) is 147 Å². The number of aromatic nitrogens is 4. The van der Waals surface area contributed by atoms with Gasteiger partial charge in [0.25, 0.3) is 0 Å². The number of benzene rings is 4. The van der Waals surface area contributed by atoms with Gasteiger partial charge >= 0.3 is 0 Å². The molecular weight excluding hydrogens is 521 g/mol. The summed E-state index contributed by atoms with van der Waals surface area (Å²) in [5.41, 5.74) is 6.81. The van der Waals surface area contributed by atoms with E-state index >= 15 is 0 Å². The average molecular weight is 547 g/mol. The zero-order valence-corrected chi connectivity index (χ0v) is 22.7. The van der Waals surface area contributed by atoms with Gasteiger partial charge in [0.15, 0.2) is 0 Å². The molecule has 6 rings (SSSR count). The third-order valence-electron chi connectivity index (χ3n) is 6.48. The predicted octanol–water partition coefficient (Wildman–Crippen LogP) is 8.25. The largest absolute Gasteiger partial charge is 0.306 e. The van der Waals surface area contributed by atoms with E-state index < -0.39 is 0 Å². The molecule has 2 heterocycles. The van der Waals surface area contributed by atoms with E-state index in [-0.39, 0.29) is 10.5 Å². The number of para-hydroxylation sites is 2. The Morgan fingerprint density at radius 2 is 0.923 bits per heavy atom. The summed E-state index contributed by atoms with van der Waals surface area (Å²) in [5.74, 6) is 0. The Labute approximate surface area is 237 Å². The van der Waals surface area contributed by atoms with Gasteiger partial charge in [0.2, 0.25) is 0 Å². The maximum atomic E-state index is 6.50. The van der Waals surface area contributed by atoms with E-state index in [1.54, 1.807) is 12.4 Å². The highest BCUT2D eigenvalue weighted by molar-refractivity contribution is 8.08. The summed E-state index contributed by atoms with van der Waals surface area (Å²) in [6, 6.07) is 37.8. The quantitative estimate of drug-likeness (QED) is 0.162. The lowest BCUT2D eigenvalue weighted by atomic mass is 10.0. The first-order valence-corrected chi connectivity index (χ1v) is 14.2. The molecule has 0 radical (unpaired) electrons. The van der Waals surface area contributed by atoms with Crippen molar-refractivity contribution in [2.75, 3.05) is 0 Å². The molecule has 2 atom stereocenters. The third kappa shape index (κ3) is 5.71. The molecule has 0 saturated carbocycles. The van der Waals surface area contributed by atoms with Gasteiger partial charge in [-0.1, -0.05) is 97.1 Å². The van der Waals surface area contributed by atoms with Gasteiger partial charge < -0.3 is 9.13 Å². The summed E-state index contributed by atoms with van der Waals surface area (Å²) in [4.78, 5) is 8.54. The molecular formula is C32H26N4OS2. The standard InChI is InChI=1S/C32H26N4OS2/c1-3-11-25(12-4-1)31(27-15-7-9-17-29(27)35-21-19-33-23-35)38-37-39-32(26-13-5-2-6-14-26)28-16-8-10-18-30(28)36-22-20-34-24-36/h1-24,31-32H. The molecule has 0 N–H and O–H groups in total. The van der Waals surface area contributed by atoms with E-state index in [4.69, 9.17) is 3.63 Å². The van der Waals surface area contributed by atoms with Crippen LogP contribution < -0.4 is 0 Å². The van der Waals surface area contributed by atoms with Crippen molar-refractivity contribution in [3.05, 3.63) is 169 Å². The van der Waals surface area contributed by atoms with Crippen molar-refractivity contribution in [1.82, 2.24) is 19.1 Å². The first-order chi connectivity index (χ1) is 19.4. The van der Waals surface area contributed by atoms with Crippen LogP contribution in [-0.4, -0.2) is 19.1 Å². The minimum atomic E-state index is -0.0439. The second-order valence-corrected chi connectivity index (χ2v) is 10.8. The second-order valence-electron chi connectivity index (χ2n) is 8.90. The van der Waals surface area contributed by atoms with Crippen LogP contribution in [0.4, 0.5) is 0 Å². The van der Waals surface area contributed by atoms with Gasteiger partial charge in [0, 0.05) is 48.9 Å². The lowest BCUT2D eigenvalue weighted by Crippen LogP contribution is -2.05. The fourth-order valence-corrected chi connectivity index (χ4v) is 6.58. The summed E-state index contributed by atoms with van der Waals surface area (Å²) < 4.78 is 10.6. The number of hydrogen-bond acceptors (Lipinski definition) is 5. The highest BCUT2D eigenvalue weighted by Crippen LogP contribution is 2.46. The molecule has 5 nitrogen and oxygen atoms in total. The van der Waals surface area contributed by atoms with Crippen LogP contribution in [0.25, 0.3) is 11.4 Å². The van der Waals surface area contributed by atoms with Crippen molar-refractivity contribution in [3.8, 4) is 11.4 Å². The Morgan fingerprint density at radius 3 is 1.33 bits per heavy atom. The molecule has 2 aromatic heterocycles. The second kappa shape index (κ2) is 12.2.